The molecule has 2 aromatic carbocycles. The Morgan fingerprint density at radius 2 is 1.58 bits per heavy atom. The summed E-state index contributed by atoms with van der Waals surface area (Å²) >= 11 is 0. The lowest BCUT2D eigenvalue weighted by Crippen LogP contribution is -2.44. The van der Waals surface area contributed by atoms with Gasteiger partial charge in [-0.1, -0.05) is 62.4 Å². The molecule has 0 bridgehead atoms. The van der Waals surface area contributed by atoms with E-state index in [1.807, 2.05) is 24.3 Å². The molecule has 0 saturated heterocycles. The fourth-order valence-corrected chi connectivity index (χ4v) is 3.85. The quantitative estimate of drug-likeness (QED) is 0.534. The predicted octanol–water partition coefficient (Wildman–Crippen LogP) is 3.53. The first-order valence-corrected chi connectivity index (χ1v) is 10.5. The van der Waals surface area contributed by atoms with E-state index in [0.717, 1.165) is 11.1 Å². The number of rotatable bonds is 9. The van der Waals surface area contributed by atoms with Crippen molar-refractivity contribution in [2.24, 2.45) is 5.92 Å². The van der Waals surface area contributed by atoms with E-state index in [1.54, 1.807) is 13.8 Å². The molecule has 0 fully saturated rings. The molecule has 2 aromatic rings. The first kappa shape index (κ1) is 22.3. The van der Waals surface area contributed by atoms with Gasteiger partial charge in [0.15, 0.2) is 0 Å². The Labute approximate surface area is 181 Å². The third-order valence-corrected chi connectivity index (χ3v) is 5.44. The van der Waals surface area contributed by atoms with Crippen molar-refractivity contribution in [3.8, 4) is 11.1 Å². The second-order valence-electron chi connectivity index (χ2n) is 7.98. The van der Waals surface area contributed by atoms with Crippen LogP contribution in [0.25, 0.3) is 11.1 Å². The molecule has 1 aliphatic carbocycles. The minimum atomic E-state index is -1.06. The number of carbonyl (C=O) groups is 3. The maximum atomic E-state index is 12.1. The van der Waals surface area contributed by atoms with Gasteiger partial charge in [-0.05, 0) is 34.6 Å². The van der Waals surface area contributed by atoms with Crippen molar-refractivity contribution < 1.29 is 24.2 Å². The van der Waals surface area contributed by atoms with Crippen LogP contribution in [0.4, 0.5) is 4.79 Å². The van der Waals surface area contributed by atoms with Gasteiger partial charge in [0, 0.05) is 18.9 Å². The van der Waals surface area contributed by atoms with E-state index in [4.69, 9.17) is 9.84 Å². The normalized spacial score (nSPS) is 13.3. The molecular weight excluding hydrogens is 396 g/mol. The van der Waals surface area contributed by atoms with Crippen molar-refractivity contribution in [3.63, 3.8) is 0 Å². The zero-order valence-electron chi connectivity index (χ0n) is 17.8. The van der Waals surface area contributed by atoms with Gasteiger partial charge in [0.05, 0.1) is 0 Å². The highest BCUT2D eigenvalue weighted by Crippen LogP contribution is 2.44. The van der Waals surface area contributed by atoms with E-state index >= 15 is 0 Å². The number of aliphatic carboxylic acids is 1. The van der Waals surface area contributed by atoms with Crippen LogP contribution in [-0.2, 0) is 14.3 Å². The van der Waals surface area contributed by atoms with Crippen molar-refractivity contribution in [3.05, 3.63) is 59.7 Å². The van der Waals surface area contributed by atoms with Gasteiger partial charge < -0.3 is 20.5 Å². The van der Waals surface area contributed by atoms with Gasteiger partial charge in [-0.2, -0.15) is 0 Å². The van der Waals surface area contributed by atoms with Crippen LogP contribution < -0.4 is 10.6 Å². The highest BCUT2D eigenvalue weighted by atomic mass is 16.5. The summed E-state index contributed by atoms with van der Waals surface area (Å²) in [7, 11) is 0. The minimum Gasteiger partial charge on any atom is -0.480 e. The average Bonchev–Trinajstić information content (AvgIpc) is 3.07. The van der Waals surface area contributed by atoms with Crippen molar-refractivity contribution in [1.82, 2.24) is 10.6 Å². The van der Waals surface area contributed by atoms with Gasteiger partial charge in [0.2, 0.25) is 5.91 Å². The third kappa shape index (κ3) is 5.42. The zero-order valence-corrected chi connectivity index (χ0v) is 17.8. The molecule has 1 atom stereocenters. The van der Waals surface area contributed by atoms with Crippen LogP contribution in [0.3, 0.4) is 0 Å². The molecule has 164 valence electrons. The monoisotopic (exact) mass is 424 g/mol. The maximum Gasteiger partial charge on any atom is 0.407 e. The molecule has 0 heterocycles. The predicted molar refractivity (Wildman–Crippen MR) is 117 cm³/mol. The lowest BCUT2D eigenvalue weighted by Gasteiger charge is -2.18. The first-order valence-electron chi connectivity index (χ1n) is 10.5. The number of amides is 2. The van der Waals surface area contributed by atoms with Crippen molar-refractivity contribution >= 4 is 18.0 Å². The van der Waals surface area contributed by atoms with Gasteiger partial charge in [-0.25, -0.2) is 9.59 Å². The number of benzene rings is 2. The second-order valence-corrected chi connectivity index (χ2v) is 7.98. The smallest absolute Gasteiger partial charge is 0.407 e. The number of alkyl carbamates (subject to hydrolysis) is 1. The third-order valence-electron chi connectivity index (χ3n) is 5.44. The minimum absolute atomic E-state index is 0.00656. The van der Waals surface area contributed by atoms with Gasteiger partial charge in [0.25, 0.3) is 0 Å². The van der Waals surface area contributed by atoms with Crippen LogP contribution >= 0.6 is 0 Å². The van der Waals surface area contributed by atoms with Gasteiger partial charge >= 0.3 is 12.1 Å². The SMILES string of the molecule is CC(C)[C@H](NC(=O)CCCNC(=O)OCC1c2ccccc2-c2ccccc21)C(=O)O. The Hall–Kier alpha value is -3.35. The molecule has 1 aliphatic rings. The summed E-state index contributed by atoms with van der Waals surface area (Å²) in [6.07, 6.45) is -0.0199. The number of fused-ring (bicyclic) bond motifs is 3. The number of nitrogens with one attached hydrogen (secondary N) is 2. The summed E-state index contributed by atoms with van der Waals surface area (Å²) < 4.78 is 5.45. The lowest BCUT2D eigenvalue weighted by molar-refractivity contribution is -0.143. The molecule has 31 heavy (non-hydrogen) atoms. The Morgan fingerprint density at radius 3 is 2.13 bits per heavy atom. The number of carboxylic acids is 1. The van der Waals surface area contributed by atoms with Gasteiger partial charge in [0.1, 0.15) is 12.6 Å². The summed E-state index contributed by atoms with van der Waals surface area (Å²) in [5, 5.41) is 14.3. The number of carbonyl (C=O) groups excluding carboxylic acids is 2. The summed E-state index contributed by atoms with van der Waals surface area (Å²) in [5.41, 5.74) is 4.62. The van der Waals surface area contributed by atoms with E-state index in [9.17, 15) is 14.4 Å². The fourth-order valence-electron chi connectivity index (χ4n) is 3.85. The van der Waals surface area contributed by atoms with E-state index in [-0.39, 0.29) is 37.3 Å². The molecule has 3 rings (SSSR count). The van der Waals surface area contributed by atoms with Crippen LogP contribution in [0.2, 0.25) is 0 Å². The van der Waals surface area contributed by atoms with Crippen molar-refractivity contribution in [2.45, 2.75) is 38.6 Å². The van der Waals surface area contributed by atoms with Crippen LogP contribution in [0.15, 0.2) is 48.5 Å². The first-order chi connectivity index (χ1) is 14.9. The largest absolute Gasteiger partial charge is 0.480 e. The summed E-state index contributed by atoms with van der Waals surface area (Å²) in [4.78, 5) is 35.2. The zero-order chi connectivity index (χ0) is 22.4. The Kier molecular flexibility index (Phi) is 7.28. The van der Waals surface area contributed by atoms with Gasteiger partial charge in [-0.3, -0.25) is 4.79 Å². The Bertz CT molecular complexity index is 911. The molecule has 0 radical (unpaired) electrons. The second kappa shape index (κ2) is 10.1. The summed E-state index contributed by atoms with van der Waals surface area (Å²) in [6, 6.07) is 15.3. The van der Waals surface area contributed by atoms with Crippen LogP contribution in [0.5, 0.6) is 0 Å². The number of hydrogen-bond acceptors (Lipinski definition) is 4. The van der Waals surface area contributed by atoms with E-state index in [0.29, 0.717) is 6.42 Å². The van der Waals surface area contributed by atoms with E-state index in [2.05, 4.69) is 34.9 Å². The van der Waals surface area contributed by atoms with E-state index in [1.165, 1.54) is 11.1 Å². The average molecular weight is 424 g/mol. The van der Waals surface area contributed by atoms with Crippen LogP contribution in [0, 0.1) is 5.92 Å². The molecule has 7 nitrogen and oxygen atoms in total. The van der Waals surface area contributed by atoms with Crippen molar-refractivity contribution in [1.29, 1.82) is 0 Å². The number of carboxylic acid groups (broad SMARTS) is 1. The lowest BCUT2D eigenvalue weighted by atomic mass is 9.98. The molecule has 0 aliphatic heterocycles. The Balaban J connectivity index is 1.43. The summed E-state index contributed by atoms with van der Waals surface area (Å²) in [6.45, 7) is 3.97. The molecule has 0 spiro atoms. The van der Waals surface area contributed by atoms with Crippen LogP contribution in [0.1, 0.15) is 43.7 Å². The van der Waals surface area contributed by atoms with Crippen molar-refractivity contribution in [2.75, 3.05) is 13.2 Å². The molecule has 3 N–H and O–H groups in total. The highest BCUT2D eigenvalue weighted by Gasteiger charge is 2.29. The number of hydrogen-bond donors (Lipinski definition) is 3. The molecule has 0 aromatic heterocycles. The molecule has 0 unspecified atom stereocenters. The standard InChI is InChI=1S/C24H28N2O5/c1-15(2)22(23(28)29)26-21(27)12-7-13-25-24(30)31-14-20-18-10-5-3-8-16(18)17-9-4-6-11-19(17)20/h3-6,8-11,15,20,22H,7,12-14H2,1-2H3,(H,25,30)(H,26,27)(H,28,29)/t22-/m0/s1. The molecule has 2 amide bonds. The molecular formula is C24H28N2O5. The highest BCUT2D eigenvalue weighted by molar-refractivity contribution is 5.83. The maximum absolute atomic E-state index is 12.1. The molecule has 0 saturated carbocycles. The topological polar surface area (TPSA) is 105 Å². The van der Waals surface area contributed by atoms with Crippen LogP contribution in [-0.4, -0.2) is 42.3 Å². The number of ether oxygens (including phenoxy) is 1. The fraction of sp³-hybridized carbons (Fsp3) is 0.375. The van der Waals surface area contributed by atoms with Gasteiger partial charge in [-0.15, -0.1) is 0 Å². The molecule has 7 heteroatoms. The summed E-state index contributed by atoms with van der Waals surface area (Å²) in [5.74, 6) is -1.62. The Morgan fingerprint density at radius 1 is 1.00 bits per heavy atom. The van der Waals surface area contributed by atoms with E-state index < -0.39 is 18.1 Å².